The lowest BCUT2D eigenvalue weighted by Gasteiger charge is -2.12. The highest BCUT2D eigenvalue weighted by molar-refractivity contribution is 5.97. The maximum absolute atomic E-state index is 7.56. The number of nitrogens with one attached hydrogen (secondary N) is 1. The van der Waals surface area contributed by atoms with Crippen LogP contribution in [0.1, 0.15) is 22.3 Å². The first-order valence-electron chi connectivity index (χ1n) is 6.20. The molecule has 0 unspecified atom stereocenters. The summed E-state index contributed by atoms with van der Waals surface area (Å²) in [6.45, 7) is 4.43. The van der Waals surface area contributed by atoms with Gasteiger partial charge < -0.3 is 10.5 Å². The highest BCUT2D eigenvalue weighted by Crippen LogP contribution is 2.22. The molecule has 0 aromatic heterocycles. The van der Waals surface area contributed by atoms with Crippen molar-refractivity contribution in [3.63, 3.8) is 0 Å². The lowest BCUT2D eigenvalue weighted by atomic mass is 10.0. The molecule has 0 atom stereocenters. The van der Waals surface area contributed by atoms with Crippen LogP contribution in [0.15, 0.2) is 42.5 Å². The summed E-state index contributed by atoms with van der Waals surface area (Å²) in [4.78, 5) is 0. The van der Waals surface area contributed by atoms with E-state index in [1.54, 1.807) is 0 Å². The standard InChI is InChI=1S/C16H18N2O/c1-11-8-14(9-12(2)15(11)16(17)18)19-10-13-6-4-3-5-7-13/h3-9H,10H2,1-2H3,(H3,17,18). The third kappa shape index (κ3) is 3.13. The molecule has 0 aliphatic carbocycles. The molecule has 0 aliphatic rings. The number of ether oxygens (including phenoxy) is 1. The normalized spacial score (nSPS) is 10.2. The smallest absolute Gasteiger partial charge is 0.123 e. The lowest BCUT2D eigenvalue weighted by Crippen LogP contribution is -2.14. The third-order valence-corrected chi connectivity index (χ3v) is 3.02. The third-order valence-electron chi connectivity index (χ3n) is 3.02. The molecular weight excluding hydrogens is 236 g/mol. The number of rotatable bonds is 4. The fourth-order valence-corrected chi connectivity index (χ4v) is 2.17. The summed E-state index contributed by atoms with van der Waals surface area (Å²) in [7, 11) is 0. The topological polar surface area (TPSA) is 59.1 Å². The van der Waals surface area contributed by atoms with Crippen LogP contribution in [0, 0.1) is 19.3 Å². The lowest BCUT2D eigenvalue weighted by molar-refractivity contribution is 0.306. The van der Waals surface area contributed by atoms with Gasteiger partial charge in [-0.3, -0.25) is 5.41 Å². The van der Waals surface area contributed by atoms with E-state index in [4.69, 9.17) is 15.9 Å². The molecule has 0 amide bonds. The molecule has 2 aromatic carbocycles. The molecule has 0 aliphatic heterocycles. The van der Waals surface area contributed by atoms with Crippen molar-refractivity contribution in [1.82, 2.24) is 0 Å². The molecule has 98 valence electrons. The van der Waals surface area contributed by atoms with Gasteiger partial charge in [-0.15, -0.1) is 0 Å². The highest BCUT2D eigenvalue weighted by Gasteiger charge is 2.08. The summed E-state index contributed by atoms with van der Waals surface area (Å²) < 4.78 is 5.78. The SMILES string of the molecule is Cc1cc(OCc2ccccc2)cc(C)c1C(=N)N. The fraction of sp³-hybridized carbons (Fsp3) is 0.188. The number of nitrogen functional groups attached to an aromatic ring is 1. The Morgan fingerprint density at radius 3 is 2.21 bits per heavy atom. The van der Waals surface area contributed by atoms with Crippen molar-refractivity contribution in [2.45, 2.75) is 20.5 Å². The molecule has 0 bridgehead atoms. The van der Waals surface area contributed by atoms with E-state index in [0.29, 0.717) is 6.61 Å². The Morgan fingerprint density at radius 2 is 1.68 bits per heavy atom. The van der Waals surface area contributed by atoms with Crippen LogP contribution in [0.25, 0.3) is 0 Å². The first-order valence-corrected chi connectivity index (χ1v) is 6.20. The number of hydrogen-bond donors (Lipinski definition) is 2. The Bertz CT molecular complexity index is 568. The second kappa shape index (κ2) is 5.57. The first-order chi connectivity index (χ1) is 9.08. The van der Waals surface area contributed by atoms with E-state index >= 15 is 0 Å². The summed E-state index contributed by atoms with van der Waals surface area (Å²) >= 11 is 0. The van der Waals surface area contributed by atoms with E-state index in [1.807, 2.05) is 56.3 Å². The zero-order valence-electron chi connectivity index (χ0n) is 11.2. The fourth-order valence-electron chi connectivity index (χ4n) is 2.17. The predicted molar refractivity (Wildman–Crippen MR) is 77.7 cm³/mol. The maximum atomic E-state index is 7.56. The van der Waals surface area contributed by atoms with Gasteiger partial charge in [-0.2, -0.15) is 0 Å². The summed E-state index contributed by atoms with van der Waals surface area (Å²) in [5.74, 6) is 0.911. The Kier molecular flexibility index (Phi) is 3.85. The van der Waals surface area contributed by atoms with Crippen LogP contribution in [0.5, 0.6) is 5.75 Å². The Hall–Kier alpha value is -2.29. The van der Waals surface area contributed by atoms with Gasteiger partial charge in [-0.25, -0.2) is 0 Å². The van der Waals surface area contributed by atoms with Gasteiger partial charge in [0.05, 0.1) is 0 Å². The average Bonchev–Trinajstić information content (AvgIpc) is 2.36. The summed E-state index contributed by atoms with van der Waals surface area (Å²) in [5.41, 5.74) is 9.44. The van der Waals surface area contributed by atoms with Crippen LogP contribution in [0.2, 0.25) is 0 Å². The number of hydrogen-bond acceptors (Lipinski definition) is 2. The van der Waals surface area contributed by atoms with Crippen molar-refractivity contribution >= 4 is 5.84 Å². The van der Waals surface area contributed by atoms with Gasteiger partial charge in [-0.1, -0.05) is 30.3 Å². The summed E-state index contributed by atoms with van der Waals surface area (Å²) in [5, 5.41) is 7.56. The molecule has 3 nitrogen and oxygen atoms in total. The van der Waals surface area contributed by atoms with E-state index in [1.165, 1.54) is 0 Å². The van der Waals surface area contributed by atoms with Crippen molar-refractivity contribution in [3.05, 3.63) is 64.7 Å². The molecule has 2 aromatic rings. The minimum absolute atomic E-state index is 0.101. The maximum Gasteiger partial charge on any atom is 0.123 e. The number of nitrogens with two attached hydrogens (primary N) is 1. The minimum atomic E-state index is 0.101. The molecule has 2 rings (SSSR count). The van der Waals surface area contributed by atoms with Crippen LogP contribution < -0.4 is 10.5 Å². The van der Waals surface area contributed by atoms with Gasteiger partial charge in [0.15, 0.2) is 0 Å². The van der Waals surface area contributed by atoms with Crippen molar-refractivity contribution in [2.24, 2.45) is 5.73 Å². The van der Waals surface area contributed by atoms with Gasteiger partial charge in [0.25, 0.3) is 0 Å². The molecule has 3 N–H and O–H groups in total. The summed E-state index contributed by atoms with van der Waals surface area (Å²) in [6, 6.07) is 13.9. The molecule has 0 heterocycles. The predicted octanol–water partition coefficient (Wildman–Crippen LogP) is 3.17. The average molecular weight is 254 g/mol. The molecule has 0 fully saturated rings. The molecule has 0 radical (unpaired) electrons. The van der Waals surface area contributed by atoms with Crippen molar-refractivity contribution in [3.8, 4) is 5.75 Å². The van der Waals surface area contributed by atoms with E-state index < -0.39 is 0 Å². The molecule has 3 heteroatoms. The monoisotopic (exact) mass is 254 g/mol. The van der Waals surface area contributed by atoms with Crippen molar-refractivity contribution < 1.29 is 4.74 Å². The Morgan fingerprint density at radius 1 is 1.11 bits per heavy atom. The van der Waals surface area contributed by atoms with Gasteiger partial charge in [0.2, 0.25) is 0 Å². The van der Waals surface area contributed by atoms with Crippen LogP contribution in [0.3, 0.4) is 0 Å². The van der Waals surface area contributed by atoms with Crippen LogP contribution in [-0.4, -0.2) is 5.84 Å². The molecule has 0 saturated carbocycles. The van der Waals surface area contributed by atoms with Gasteiger partial charge in [-0.05, 0) is 42.7 Å². The van der Waals surface area contributed by atoms with Gasteiger partial charge >= 0.3 is 0 Å². The van der Waals surface area contributed by atoms with E-state index in [9.17, 15) is 0 Å². The van der Waals surface area contributed by atoms with Gasteiger partial charge in [0.1, 0.15) is 18.2 Å². The Balaban J connectivity index is 2.16. The van der Waals surface area contributed by atoms with Crippen LogP contribution in [0.4, 0.5) is 0 Å². The van der Waals surface area contributed by atoms with E-state index in [2.05, 4.69) is 0 Å². The van der Waals surface area contributed by atoms with Crippen LogP contribution in [-0.2, 0) is 6.61 Å². The van der Waals surface area contributed by atoms with E-state index in [-0.39, 0.29) is 5.84 Å². The highest BCUT2D eigenvalue weighted by atomic mass is 16.5. The van der Waals surface area contributed by atoms with Crippen molar-refractivity contribution in [2.75, 3.05) is 0 Å². The molecule has 19 heavy (non-hydrogen) atoms. The molecule has 0 saturated heterocycles. The summed E-state index contributed by atoms with van der Waals surface area (Å²) in [6.07, 6.45) is 0. The second-order valence-corrected chi connectivity index (χ2v) is 4.62. The number of benzene rings is 2. The second-order valence-electron chi connectivity index (χ2n) is 4.62. The quantitative estimate of drug-likeness (QED) is 0.650. The van der Waals surface area contributed by atoms with Crippen molar-refractivity contribution in [1.29, 1.82) is 5.41 Å². The van der Waals surface area contributed by atoms with E-state index in [0.717, 1.165) is 28.0 Å². The zero-order valence-corrected chi connectivity index (χ0v) is 11.2. The van der Waals surface area contributed by atoms with Crippen LogP contribution >= 0.6 is 0 Å². The largest absolute Gasteiger partial charge is 0.489 e. The molecule has 0 spiro atoms. The number of amidine groups is 1. The minimum Gasteiger partial charge on any atom is -0.489 e. The zero-order chi connectivity index (χ0) is 13.8. The van der Waals surface area contributed by atoms with Gasteiger partial charge in [0, 0.05) is 5.56 Å². The Labute approximate surface area is 113 Å². The first kappa shape index (κ1) is 13.1. The number of aryl methyl sites for hydroxylation is 2. The molecular formula is C16H18N2O.